The molecule has 0 spiro atoms. The zero-order valence-corrected chi connectivity index (χ0v) is 11.3. The molecule has 0 unspecified atom stereocenters. The van der Waals surface area contributed by atoms with Crippen LogP contribution in [0.1, 0.15) is 23.7 Å². The largest absolute Gasteiger partial charge is 0.478 e. The number of hydrogen-bond acceptors (Lipinski definition) is 4. The van der Waals surface area contributed by atoms with Crippen LogP contribution in [0.15, 0.2) is 35.2 Å². The highest BCUT2D eigenvalue weighted by Gasteiger charge is 2.21. The summed E-state index contributed by atoms with van der Waals surface area (Å²) in [5.41, 5.74) is 5.40. The number of anilines is 1. The molecule has 7 heteroatoms. The summed E-state index contributed by atoms with van der Waals surface area (Å²) in [6, 6.07) is 3.67. The highest BCUT2D eigenvalue weighted by molar-refractivity contribution is 7.89. The summed E-state index contributed by atoms with van der Waals surface area (Å²) < 4.78 is 26.4. The van der Waals surface area contributed by atoms with Crippen molar-refractivity contribution in [3.05, 3.63) is 35.9 Å². The van der Waals surface area contributed by atoms with E-state index >= 15 is 0 Å². The number of carboxylic acids is 1. The third-order valence-corrected chi connectivity index (χ3v) is 3.87. The van der Waals surface area contributed by atoms with Crippen LogP contribution in [0.2, 0.25) is 0 Å². The van der Waals surface area contributed by atoms with Crippen molar-refractivity contribution in [1.29, 1.82) is 0 Å². The van der Waals surface area contributed by atoms with Gasteiger partial charge >= 0.3 is 5.97 Å². The minimum absolute atomic E-state index is 0.193. The average Bonchev–Trinajstić information content (AvgIpc) is 2.34. The molecule has 4 N–H and O–H groups in total. The Hall–Kier alpha value is -1.86. The Morgan fingerprint density at radius 2 is 2.16 bits per heavy atom. The van der Waals surface area contributed by atoms with E-state index in [1.54, 1.807) is 12.2 Å². The standard InChI is InChI=1S/C12H16N2O4S/c1-2-3-4-7-14-19(17,18)11-8-9(13)5-6-10(11)12(15)16/h2-3,5-6,8,14H,4,7,13H2,1H3,(H,15,16)/b3-2+. The predicted octanol–water partition coefficient (Wildman–Crippen LogP) is 1.21. The fraction of sp³-hybridized carbons (Fsp3) is 0.250. The molecule has 0 fully saturated rings. The van der Waals surface area contributed by atoms with Crippen molar-refractivity contribution in [2.24, 2.45) is 0 Å². The number of carbonyl (C=O) groups is 1. The molecule has 19 heavy (non-hydrogen) atoms. The SMILES string of the molecule is C/C=C/CCNS(=O)(=O)c1cc(N)ccc1C(=O)O. The quantitative estimate of drug-likeness (QED) is 0.413. The van der Waals surface area contributed by atoms with Crippen molar-refractivity contribution in [1.82, 2.24) is 4.72 Å². The van der Waals surface area contributed by atoms with Crippen LogP contribution in [0.5, 0.6) is 0 Å². The molecule has 1 aromatic carbocycles. The Labute approximate surface area is 112 Å². The van der Waals surface area contributed by atoms with E-state index in [4.69, 9.17) is 10.8 Å². The summed E-state index contributed by atoms with van der Waals surface area (Å²) in [4.78, 5) is 10.7. The molecule has 0 aliphatic carbocycles. The second kappa shape index (κ2) is 6.35. The topological polar surface area (TPSA) is 109 Å². The molecule has 6 nitrogen and oxygen atoms in total. The van der Waals surface area contributed by atoms with Gasteiger partial charge in [-0.2, -0.15) is 0 Å². The van der Waals surface area contributed by atoms with E-state index in [2.05, 4.69) is 4.72 Å². The van der Waals surface area contributed by atoms with Crippen molar-refractivity contribution in [3.63, 3.8) is 0 Å². The first kappa shape index (κ1) is 15.2. The van der Waals surface area contributed by atoms with Gasteiger partial charge in [-0.1, -0.05) is 12.2 Å². The highest BCUT2D eigenvalue weighted by Crippen LogP contribution is 2.19. The molecular formula is C12H16N2O4S. The molecule has 0 saturated carbocycles. The van der Waals surface area contributed by atoms with E-state index < -0.39 is 16.0 Å². The minimum Gasteiger partial charge on any atom is -0.478 e. The van der Waals surface area contributed by atoms with Crippen LogP contribution in [0.25, 0.3) is 0 Å². The van der Waals surface area contributed by atoms with Gasteiger partial charge in [-0.15, -0.1) is 0 Å². The Balaban J connectivity index is 3.06. The van der Waals surface area contributed by atoms with E-state index in [-0.39, 0.29) is 22.7 Å². The average molecular weight is 284 g/mol. The van der Waals surface area contributed by atoms with Crippen molar-refractivity contribution in [2.45, 2.75) is 18.2 Å². The summed E-state index contributed by atoms with van der Waals surface area (Å²) in [5, 5.41) is 8.99. The maximum absolute atomic E-state index is 12.0. The monoisotopic (exact) mass is 284 g/mol. The van der Waals surface area contributed by atoms with Gasteiger partial charge in [-0.3, -0.25) is 0 Å². The molecular weight excluding hydrogens is 268 g/mol. The second-order valence-corrected chi connectivity index (χ2v) is 5.55. The number of benzene rings is 1. The van der Waals surface area contributed by atoms with Gasteiger partial charge in [0.05, 0.1) is 10.5 Å². The number of nitrogen functional groups attached to an aromatic ring is 1. The fourth-order valence-corrected chi connectivity index (χ4v) is 2.74. The smallest absolute Gasteiger partial charge is 0.337 e. The second-order valence-electron chi connectivity index (χ2n) is 3.82. The van der Waals surface area contributed by atoms with Gasteiger partial charge in [0.15, 0.2) is 0 Å². The van der Waals surface area contributed by atoms with Crippen LogP contribution < -0.4 is 10.5 Å². The van der Waals surface area contributed by atoms with Crippen molar-refractivity contribution in [2.75, 3.05) is 12.3 Å². The van der Waals surface area contributed by atoms with E-state index in [1.165, 1.54) is 12.1 Å². The predicted molar refractivity (Wildman–Crippen MR) is 72.4 cm³/mol. The van der Waals surface area contributed by atoms with Crippen molar-refractivity contribution in [3.8, 4) is 0 Å². The Morgan fingerprint density at radius 3 is 2.74 bits per heavy atom. The molecule has 0 atom stereocenters. The molecule has 0 amide bonds. The Kier molecular flexibility index (Phi) is 5.08. The van der Waals surface area contributed by atoms with E-state index in [9.17, 15) is 13.2 Å². The lowest BCUT2D eigenvalue weighted by atomic mass is 10.2. The maximum Gasteiger partial charge on any atom is 0.337 e. The van der Waals surface area contributed by atoms with Gasteiger partial charge in [-0.05, 0) is 31.5 Å². The molecule has 0 aromatic heterocycles. The molecule has 0 saturated heterocycles. The lowest BCUT2D eigenvalue weighted by Gasteiger charge is -2.09. The first-order chi connectivity index (χ1) is 8.88. The van der Waals surface area contributed by atoms with Crippen LogP contribution >= 0.6 is 0 Å². The zero-order valence-electron chi connectivity index (χ0n) is 10.5. The number of aromatic carboxylic acids is 1. The van der Waals surface area contributed by atoms with Gasteiger partial charge in [0.1, 0.15) is 0 Å². The molecule has 0 aliphatic rings. The zero-order chi connectivity index (χ0) is 14.5. The third-order valence-electron chi connectivity index (χ3n) is 2.36. The Bertz CT molecular complexity index is 594. The van der Waals surface area contributed by atoms with E-state index in [0.717, 1.165) is 6.07 Å². The number of hydrogen-bond donors (Lipinski definition) is 3. The van der Waals surface area contributed by atoms with Gasteiger partial charge < -0.3 is 10.8 Å². The third kappa shape index (κ3) is 4.08. The van der Waals surface area contributed by atoms with Gasteiger partial charge in [0, 0.05) is 12.2 Å². The number of nitrogens with two attached hydrogens (primary N) is 1. The summed E-state index contributed by atoms with van der Waals surface area (Å²) in [6.45, 7) is 2.02. The van der Waals surface area contributed by atoms with Gasteiger partial charge in [0.2, 0.25) is 10.0 Å². The lowest BCUT2D eigenvalue weighted by molar-refractivity contribution is 0.0692. The summed E-state index contributed by atoms with van der Waals surface area (Å²) in [6.07, 6.45) is 4.14. The number of carboxylic acid groups (broad SMARTS) is 1. The first-order valence-electron chi connectivity index (χ1n) is 5.62. The summed E-state index contributed by atoms with van der Waals surface area (Å²) >= 11 is 0. The first-order valence-corrected chi connectivity index (χ1v) is 7.10. The maximum atomic E-state index is 12.0. The normalized spacial score (nSPS) is 11.8. The van der Waals surface area contributed by atoms with Gasteiger partial charge in [-0.25, -0.2) is 17.9 Å². The molecule has 0 aliphatic heterocycles. The molecule has 104 valence electrons. The van der Waals surface area contributed by atoms with Gasteiger partial charge in [0.25, 0.3) is 0 Å². The number of nitrogens with one attached hydrogen (secondary N) is 1. The highest BCUT2D eigenvalue weighted by atomic mass is 32.2. The van der Waals surface area contributed by atoms with Crippen molar-refractivity contribution < 1.29 is 18.3 Å². The molecule has 1 rings (SSSR count). The number of rotatable bonds is 6. The van der Waals surface area contributed by atoms with Crippen LogP contribution in [0.4, 0.5) is 5.69 Å². The molecule has 0 heterocycles. The molecule has 0 radical (unpaired) electrons. The molecule has 1 aromatic rings. The van der Waals surface area contributed by atoms with Crippen molar-refractivity contribution >= 4 is 21.7 Å². The number of allylic oxidation sites excluding steroid dienone is 1. The van der Waals surface area contributed by atoms with Crippen LogP contribution in [-0.4, -0.2) is 26.0 Å². The van der Waals surface area contributed by atoms with Crippen LogP contribution in [0, 0.1) is 0 Å². The number of sulfonamides is 1. The van der Waals surface area contributed by atoms with E-state index in [0.29, 0.717) is 6.42 Å². The summed E-state index contributed by atoms with van der Waals surface area (Å²) in [7, 11) is -3.88. The van der Waals surface area contributed by atoms with E-state index in [1.807, 2.05) is 6.92 Å². The Morgan fingerprint density at radius 1 is 1.47 bits per heavy atom. The minimum atomic E-state index is -3.88. The summed E-state index contributed by atoms with van der Waals surface area (Å²) in [5.74, 6) is -1.31. The van der Waals surface area contributed by atoms with Crippen LogP contribution in [-0.2, 0) is 10.0 Å². The fourth-order valence-electron chi connectivity index (χ4n) is 1.46. The molecule has 0 bridgehead atoms. The lowest BCUT2D eigenvalue weighted by Crippen LogP contribution is -2.26. The van der Waals surface area contributed by atoms with Crippen LogP contribution in [0.3, 0.4) is 0 Å².